The Balaban J connectivity index is 2.87. The number of carbonyl (C=O) groups is 1. The van der Waals surface area contributed by atoms with Crippen LogP contribution in [-0.4, -0.2) is 38.8 Å². The second-order valence-electron chi connectivity index (χ2n) is 4.08. The van der Waals surface area contributed by atoms with Crippen molar-refractivity contribution in [3.63, 3.8) is 0 Å². The molecule has 1 aliphatic heterocycles. The van der Waals surface area contributed by atoms with E-state index in [0.29, 0.717) is 5.75 Å². The summed E-state index contributed by atoms with van der Waals surface area (Å²) in [5.74, 6) is 1.00. The van der Waals surface area contributed by atoms with E-state index in [2.05, 4.69) is 0 Å². The molecule has 1 aliphatic rings. The third kappa shape index (κ3) is 2.99. The van der Waals surface area contributed by atoms with E-state index < -0.39 is 16.9 Å². The first-order chi connectivity index (χ1) is 6.85. The number of hydrogen-bond acceptors (Lipinski definition) is 5. The van der Waals surface area contributed by atoms with Gasteiger partial charge >= 0.3 is 5.97 Å². The Kier molecular flexibility index (Phi) is 3.44. The van der Waals surface area contributed by atoms with Crippen molar-refractivity contribution in [3.05, 3.63) is 5.70 Å². The third-order valence-corrected chi connectivity index (χ3v) is 2.71. The molecule has 1 N–H and O–H groups in total. The fourth-order valence-electron chi connectivity index (χ4n) is 1.07. The van der Waals surface area contributed by atoms with Crippen LogP contribution in [0.15, 0.2) is 5.70 Å². The summed E-state index contributed by atoms with van der Waals surface area (Å²) < 4.78 is 0. The highest BCUT2D eigenvalue weighted by atomic mass is 32.2. The average molecular weight is 231 g/mol. The van der Waals surface area contributed by atoms with Crippen molar-refractivity contribution in [1.82, 2.24) is 5.06 Å². The maximum atomic E-state index is 10.9. The van der Waals surface area contributed by atoms with Crippen molar-refractivity contribution in [3.8, 4) is 0 Å². The highest BCUT2D eigenvalue weighted by Crippen LogP contribution is 2.32. The number of carboxylic acids is 1. The van der Waals surface area contributed by atoms with E-state index in [1.54, 1.807) is 26.7 Å². The van der Waals surface area contributed by atoms with Crippen molar-refractivity contribution in [2.24, 2.45) is 0 Å². The minimum Gasteiger partial charge on any atom is -0.479 e. The highest BCUT2D eigenvalue weighted by Gasteiger charge is 2.38. The van der Waals surface area contributed by atoms with E-state index in [4.69, 9.17) is 9.94 Å². The van der Waals surface area contributed by atoms with Crippen molar-refractivity contribution in [2.75, 3.05) is 5.75 Å². The van der Waals surface area contributed by atoms with Crippen LogP contribution in [0.5, 0.6) is 0 Å². The molecule has 0 saturated carbocycles. The number of hydrogen-bond donors (Lipinski definition) is 1. The van der Waals surface area contributed by atoms with E-state index in [1.165, 1.54) is 0 Å². The third-order valence-electron chi connectivity index (χ3n) is 1.56. The molecule has 0 unspecified atom stereocenters. The van der Waals surface area contributed by atoms with Crippen LogP contribution in [0.25, 0.3) is 0 Å². The standard InChI is InChI=1S/C9H13NO4S/c1-9(2,3)14-10-6(4-11)5-15-7(10)8(12)13/h7H,5H2,1-3H3,(H,12,13)/t7-/m0/s1. The zero-order chi connectivity index (χ0) is 11.6. The molecule has 5 nitrogen and oxygen atoms in total. The molecule has 0 aromatic carbocycles. The van der Waals surface area contributed by atoms with E-state index in [0.717, 1.165) is 16.8 Å². The second-order valence-corrected chi connectivity index (χ2v) is 5.15. The predicted octanol–water partition coefficient (Wildman–Crippen LogP) is 0.891. The van der Waals surface area contributed by atoms with Crippen LogP contribution in [0, 0.1) is 0 Å². The monoisotopic (exact) mass is 231 g/mol. The Labute approximate surface area is 92.0 Å². The molecule has 0 radical (unpaired) electrons. The van der Waals surface area contributed by atoms with Gasteiger partial charge in [0.2, 0.25) is 0 Å². The number of nitrogens with zero attached hydrogens (tertiary/aromatic N) is 1. The Morgan fingerprint density at radius 1 is 1.67 bits per heavy atom. The molecule has 1 atom stereocenters. The first kappa shape index (κ1) is 12.1. The first-order valence-electron chi connectivity index (χ1n) is 4.42. The van der Waals surface area contributed by atoms with Gasteiger partial charge in [0.25, 0.3) is 0 Å². The van der Waals surface area contributed by atoms with E-state index in [1.807, 2.05) is 0 Å². The summed E-state index contributed by atoms with van der Waals surface area (Å²) in [7, 11) is 0. The van der Waals surface area contributed by atoms with Crippen molar-refractivity contribution in [1.29, 1.82) is 0 Å². The molecule has 0 amide bonds. The van der Waals surface area contributed by atoms with Crippen LogP contribution in [0.2, 0.25) is 0 Å². The van der Waals surface area contributed by atoms with Crippen molar-refractivity contribution < 1.29 is 19.5 Å². The normalized spacial score (nSPS) is 21.7. The van der Waals surface area contributed by atoms with Crippen LogP contribution < -0.4 is 0 Å². The van der Waals surface area contributed by atoms with Crippen LogP contribution >= 0.6 is 11.8 Å². The summed E-state index contributed by atoms with van der Waals surface area (Å²) in [5.41, 5.74) is -0.303. The summed E-state index contributed by atoms with van der Waals surface area (Å²) in [4.78, 5) is 26.9. The Morgan fingerprint density at radius 3 is 2.67 bits per heavy atom. The number of rotatable bonds is 2. The van der Waals surface area contributed by atoms with Gasteiger partial charge in [-0.1, -0.05) is 0 Å². The minimum atomic E-state index is -1.02. The van der Waals surface area contributed by atoms with Gasteiger partial charge in [-0.2, -0.15) is 0 Å². The molecule has 0 aromatic heterocycles. The van der Waals surface area contributed by atoms with Crippen LogP contribution in [0.4, 0.5) is 0 Å². The number of aliphatic carboxylic acids is 1. The van der Waals surface area contributed by atoms with Gasteiger partial charge in [0, 0.05) is 5.75 Å². The largest absolute Gasteiger partial charge is 0.479 e. The van der Waals surface area contributed by atoms with E-state index in [-0.39, 0.29) is 5.70 Å². The summed E-state index contributed by atoms with van der Waals surface area (Å²) in [6.45, 7) is 5.37. The van der Waals surface area contributed by atoms with E-state index in [9.17, 15) is 9.59 Å². The summed E-state index contributed by atoms with van der Waals surface area (Å²) >= 11 is 1.13. The smallest absolute Gasteiger partial charge is 0.339 e. The molecule has 0 spiro atoms. The van der Waals surface area contributed by atoms with Crippen LogP contribution in [-0.2, 0) is 14.4 Å². The molecule has 1 rings (SSSR count). The fourth-order valence-corrected chi connectivity index (χ4v) is 2.02. The lowest BCUT2D eigenvalue weighted by Gasteiger charge is -2.29. The van der Waals surface area contributed by atoms with Crippen molar-refractivity contribution in [2.45, 2.75) is 31.7 Å². The SMILES string of the molecule is CC(C)(C)ON1C(=C=O)CS[C@H]1C(=O)O. The number of hydroxylamine groups is 2. The molecule has 0 aliphatic carbocycles. The number of carboxylic acid groups (broad SMARTS) is 1. The van der Waals surface area contributed by atoms with E-state index >= 15 is 0 Å². The molecule has 15 heavy (non-hydrogen) atoms. The van der Waals surface area contributed by atoms with Crippen LogP contribution in [0.1, 0.15) is 20.8 Å². The van der Waals surface area contributed by atoms with Gasteiger partial charge in [-0.25, -0.2) is 14.7 Å². The van der Waals surface area contributed by atoms with Gasteiger partial charge in [-0.3, -0.25) is 4.84 Å². The zero-order valence-electron chi connectivity index (χ0n) is 8.81. The highest BCUT2D eigenvalue weighted by molar-refractivity contribution is 8.01. The number of thioether (sulfide) groups is 1. The molecule has 1 fully saturated rings. The molecule has 1 heterocycles. The Bertz CT molecular complexity index is 317. The molecule has 0 aromatic rings. The van der Waals surface area contributed by atoms with Crippen molar-refractivity contribution >= 4 is 23.7 Å². The summed E-state index contributed by atoms with van der Waals surface area (Å²) in [6, 6.07) is 0. The lowest BCUT2D eigenvalue weighted by Crippen LogP contribution is -2.39. The second kappa shape index (κ2) is 4.26. The van der Waals surface area contributed by atoms with Gasteiger partial charge in [-0.15, -0.1) is 11.8 Å². The lowest BCUT2D eigenvalue weighted by atomic mass is 10.2. The maximum absolute atomic E-state index is 10.9. The number of carbonyl (C=O) groups excluding carboxylic acids is 1. The topological polar surface area (TPSA) is 66.8 Å². The Hall–Kier alpha value is -0.970. The molecular weight excluding hydrogens is 218 g/mol. The molecule has 1 saturated heterocycles. The van der Waals surface area contributed by atoms with Gasteiger partial charge in [0.05, 0.1) is 5.60 Å². The molecule has 0 bridgehead atoms. The fraction of sp³-hybridized carbons (Fsp3) is 0.667. The zero-order valence-corrected chi connectivity index (χ0v) is 9.63. The first-order valence-corrected chi connectivity index (χ1v) is 5.47. The quantitative estimate of drug-likeness (QED) is 0.712. The summed E-state index contributed by atoms with van der Waals surface area (Å²) in [6.07, 6.45) is 0. The lowest BCUT2D eigenvalue weighted by molar-refractivity contribution is -0.213. The molecule has 6 heteroatoms. The maximum Gasteiger partial charge on any atom is 0.339 e. The minimum absolute atomic E-state index is 0.238. The Morgan fingerprint density at radius 2 is 2.27 bits per heavy atom. The van der Waals surface area contributed by atoms with Crippen LogP contribution in [0.3, 0.4) is 0 Å². The average Bonchev–Trinajstić information content (AvgIpc) is 2.44. The predicted molar refractivity (Wildman–Crippen MR) is 55.8 cm³/mol. The molecular formula is C9H13NO4S. The van der Waals surface area contributed by atoms with Gasteiger partial charge in [0.15, 0.2) is 5.37 Å². The van der Waals surface area contributed by atoms with Gasteiger partial charge < -0.3 is 5.11 Å². The summed E-state index contributed by atoms with van der Waals surface area (Å²) in [5, 5.41) is 9.19. The van der Waals surface area contributed by atoms with Gasteiger partial charge in [0.1, 0.15) is 11.6 Å². The molecule has 84 valence electrons. The van der Waals surface area contributed by atoms with Gasteiger partial charge in [-0.05, 0) is 20.8 Å².